The normalized spacial score (nSPS) is 24.2. The third-order valence-electron chi connectivity index (χ3n) is 4.83. The summed E-state index contributed by atoms with van der Waals surface area (Å²) >= 11 is -1.29. The smallest absolute Gasteiger partial charge is 0.352 e. The predicted molar refractivity (Wildman–Crippen MR) is 111 cm³/mol. The Morgan fingerprint density at radius 1 is 1.32 bits per heavy atom. The van der Waals surface area contributed by atoms with Crippen molar-refractivity contribution in [1.82, 2.24) is 10.6 Å². The summed E-state index contributed by atoms with van der Waals surface area (Å²) in [6.07, 6.45) is 10.6. The molecule has 2 atom stereocenters. The highest BCUT2D eigenvalue weighted by Crippen LogP contribution is 2.24. The molecule has 1 heterocycles. The zero-order chi connectivity index (χ0) is 20.2. The van der Waals surface area contributed by atoms with Crippen LogP contribution >= 0.6 is 0 Å². The van der Waals surface area contributed by atoms with E-state index in [0.717, 1.165) is 31.1 Å². The Kier molecular flexibility index (Phi) is 6.49. The molecule has 0 radical (unpaired) electrons. The van der Waals surface area contributed by atoms with E-state index in [0.29, 0.717) is 11.3 Å². The SMILES string of the molecule is COc1ccc(S(=O)(=O)C=CC2=CNC(NC3CCCC3)([S+](C)[O-])N=C2)cc1. The fourth-order valence-corrected chi connectivity index (χ4v) is 4.96. The number of rotatable bonds is 7. The predicted octanol–water partition coefficient (Wildman–Crippen LogP) is 2.06. The molecule has 7 nitrogen and oxygen atoms in total. The van der Waals surface area contributed by atoms with Gasteiger partial charge in [-0.25, -0.2) is 18.7 Å². The van der Waals surface area contributed by atoms with Gasteiger partial charge in [-0.2, -0.15) is 0 Å². The molecular formula is C19H25N3O4S2. The van der Waals surface area contributed by atoms with Crippen LogP contribution in [0, 0.1) is 0 Å². The van der Waals surface area contributed by atoms with E-state index in [9.17, 15) is 13.0 Å². The zero-order valence-electron chi connectivity index (χ0n) is 15.9. The summed E-state index contributed by atoms with van der Waals surface area (Å²) in [6, 6.07) is 6.47. The van der Waals surface area contributed by atoms with Crippen LogP contribution in [0.4, 0.5) is 0 Å². The number of sulfone groups is 1. The van der Waals surface area contributed by atoms with Gasteiger partial charge < -0.3 is 14.6 Å². The summed E-state index contributed by atoms with van der Waals surface area (Å²) in [5.41, 5.74) is 0.575. The average molecular weight is 424 g/mol. The minimum Gasteiger partial charge on any atom is -0.612 e. The number of benzene rings is 1. The molecule has 1 saturated carbocycles. The third kappa shape index (κ3) is 4.78. The molecule has 2 N–H and O–H groups in total. The largest absolute Gasteiger partial charge is 0.612 e. The van der Waals surface area contributed by atoms with Gasteiger partial charge in [-0.05, 0) is 43.2 Å². The molecule has 0 saturated heterocycles. The second kappa shape index (κ2) is 8.69. The minimum absolute atomic E-state index is 0.178. The molecule has 1 aromatic carbocycles. The summed E-state index contributed by atoms with van der Waals surface area (Å²) in [4.78, 5) is 4.60. The summed E-state index contributed by atoms with van der Waals surface area (Å²) in [6.45, 7) is 0. The number of allylic oxidation sites excluding steroid dienone is 2. The maximum atomic E-state index is 12.5. The topological polar surface area (TPSA) is 103 Å². The molecule has 1 aliphatic heterocycles. The van der Waals surface area contributed by atoms with Crippen molar-refractivity contribution in [3.05, 3.63) is 47.5 Å². The van der Waals surface area contributed by atoms with Gasteiger partial charge in [-0.15, -0.1) is 0 Å². The zero-order valence-corrected chi connectivity index (χ0v) is 17.6. The maximum Gasteiger partial charge on any atom is 0.352 e. The van der Waals surface area contributed by atoms with Gasteiger partial charge in [-0.1, -0.05) is 12.8 Å². The lowest BCUT2D eigenvalue weighted by Gasteiger charge is -2.34. The highest BCUT2D eigenvalue weighted by molar-refractivity contribution is 7.94. The number of nitrogens with zero attached hydrogens (tertiary/aromatic N) is 1. The Labute approximate surface area is 169 Å². The third-order valence-corrected chi connectivity index (χ3v) is 7.43. The van der Waals surface area contributed by atoms with Gasteiger partial charge in [0, 0.05) is 40.6 Å². The Hall–Kier alpha value is -1.81. The first kappa shape index (κ1) is 20.9. The number of aliphatic imine (C=N–C) groups is 1. The number of ether oxygens (including phenoxy) is 1. The molecule has 1 aromatic rings. The fourth-order valence-electron chi connectivity index (χ4n) is 3.19. The molecular weight excluding hydrogens is 398 g/mol. The number of hydrogen-bond donors (Lipinski definition) is 2. The second-order valence-electron chi connectivity index (χ2n) is 6.79. The first-order valence-electron chi connectivity index (χ1n) is 9.06. The van der Waals surface area contributed by atoms with E-state index in [1.807, 2.05) is 0 Å². The number of nitrogens with one attached hydrogen (secondary N) is 2. The molecule has 0 spiro atoms. The molecule has 2 unspecified atom stereocenters. The summed E-state index contributed by atoms with van der Waals surface area (Å²) in [5, 5.41) is 6.48. The van der Waals surface area contributed by atoms with Crippen LogP contribution < -0.4 is 15.4 Å². The number of hydrogen-bond acceptors (Lipinski definition) is 7. The van der Waals surface area contributed by atoms with Gasteiger partial charge >= 0.3 is 5.12 Å². The molecule has 0 bridgehead atoms. The van der Waals surface area contributed by atoms with Gasteiger partial charge in [0.05, 0.1) is 12.0 Å². The number of methoxy groups -OCH3 is 1. The molecule has 152 valence electrons. The lowest BCUT2D eigenvalue weighted by atomic mass is 10.2. The van der Waals surface area contributed by atoms with E-state index in [-0.39, 0.29) is 10.9 Å². The van der Waals surface area contributed by atoms with E-state index in [1.54, 1.807) is 30.8 Å². The standard InChI is InChI=1S/C19H25N3O4S2/c1-26-17-7-9-18(10-8-17)28(24,25)12-11-15-13-20-19(21-14-15,27(2)23)22-16-5-3-4-6-16/h7-14,16,20,22H,3-6H2,1-2H3. The Bertz CT molecular complexity index is 873. The van der Waals surface area contributed by atoms with Crippen molar-refractivity contribution < 1.29 is 17.7 Å². The van der Waals surface area contributed by atoms with E-state index in [1.165, 1.54) is 25.3 Å². The van der Waals surface area contributed by atoms with Crippen molar-refractivity contribution in [2.45, 2.75) is 41.7 Å². The fraction of sp³-hybridized carbons (Fsp3) is 0.421. The van der Waals surface area contributed by atoms with Crippen molar-refractivity contribution in [2.75, 3.05) is 13.4 Å². The van der Waals surface area contributed by atoms with Crippen LogP contribution in [0.2, 0.25) is 0 Å². The van der Waals surface area contributed by atoms with Crippen molar-refractivity contribution in [3.63, 3.8) is 0 Å². The first-order chi connectivity index (χ1) is 13.3. The molecule has 1 fully saturated rings. The Morgan fingerprint density at radius 2 is 2.00 bits per heavy atom. The molecule has 9 heteroatoms. The summed E-state index contributed by atoms with van der Waals surface area (Å²) < 4.78 is 42.3. The molecule has 2 aliphatic rings. The van der Waals surface area contributed by atoms with E-state index >= 15 is 0 Å². The molecule has 28 heavy (non-hydrogen) atoms. The highest BCUT2D eigenvalue weighted by Gasteiger charge is 2.42. The lowest BCUT2D eigenvalue weighted by molar-refractivity contribution is 0.351. The van der Waals surface area contributed by atoms with Gasteiger partial charge in [0.15, 0.2) is 9.84 Å². The molecule has 3 rings (SSSR count). The van der Waals surface area contributed by atoms with Crippen molar-refractivity contribution >= 4 is 27.2 Å². The van der Waals surface area contributed by atoms with Crippen LogP contribution in [-0.2, 0) is 21.0 Å². The molecule has 1 aliphatic carbocycles. The van der Waals surface area contributed by atoms with Crippen molar-refractivity contribution in [1.29, 1.82) is 0 Å². The van der Waals surface area contributed by atoms with Crippen LogP contribution in [0.5, 0.6) is 5.75 Å². The maximum absolute atomic E-state index is 12.5. The summed E-state index contributed by atoms with van der Waals surface area (Å²) in [5.74, 6) is 0.591. The highest BCUT2D eigenvalue weighted by atomic mass is 32.2. The Balaban J connectivity index is 1.70. The van der Waals surface area contributed by atoms with Crippen LogP contribution in [0.3, 0.4) is 0 Å². The quantitative estimate of drug-likeness (QED) is 0.651. The monoisotopic (exact) mass is 423 g/mol. The van der Waals surface area contributed by atoms with Crippen LogP contribution in [0.15, 0.2) is 57.4 Å². The molecule has 0 amide bonds. The van der Waals surface area contributed by atoms with Crippen LogP contribution in [0.25, 0.3) is 0 Å². The average Bonchev–Trinajstić information content (AvgIpc) is 3.20. The van der Waals surface area contributed by atoms with Crippen LogP contribution in [-0.4, -0.2) is 43.7 Å². The van der Waals surface area contributed by atoms with Crippen LogP contribution in [0.1, 0.15) is 25.7 Å². The van der Waals surface area contributed by atoms with Gasteiger partial charge in [0.2, 0.25) is 0 Å². The van der Waals surface area contributed by atoms with E-state index in [2.05, 4.69) is 15.6 Å². The van der Waals surface area contributed by atoms with E-state index < -0.39 is 26.1 Å². The van der Waals surface area contributed by atoms with Gasteiger partial charge in [0.25, 0.3) is 0 Å². The first-order valence-corrected chi connectivity index (χ1v) is 12.2. The lowest BCUT2D eigenvalue weighted by Crippen LogP contribution is -2.62. The Morgan fingerprint density at radius 3 is 2.54 bits per heavy atom. The summed E-state index contributed by atoms with van der Waals surface area (Å²) in [7, 11) is -2.07. The van der Waals surface area contributed by atoms with Gasteiger partial charge in [-0.3, -0.25) is 0 Å². The minimum atomic E-state index is -3.59. The molecule has 0 aromatic heterocycles. The van der Waals surface area contributed by atoms with E-state index in [4.69, 9.17) is 4.74 Å². The van der Waals surface area contributed by atoms with Crippen molar-refractivity contribution in [3.8, 4) is 5.75 Å². The second-order valence-corrected chi connectivity index (χ2v) is 10.1. The van der Waals surface area contributed by atoms with Crippen molar-refractivity contribution in [2.24, 2.45) is 4.99 Å². The van der Waals surface area contributed by atoms with Gasteiger partial charge in [0.1, 0.15) is 12.0 Å².